The molecule has 2 N–H and O–H groups in total. The molecule has 0 aromatic heterocycles. The lowest BCUT2D eigenvalue weighted by Crippen LogP contribution is -2.56. The highest BCUT2D eigenvalue weighted by molar-refractivity contribution is 4.93. The maximum atomic E-state index is 9.93. The van der Waals surface area contributed by atoms with E-state index in [0.717, 1.165) is 6.54 Å². The summed E-state index contributed by atoms with van der Waals surface area (Å²) in [5.41, 5.74) is -0.909. The summed E-state index contributed by atoms with van der Waals surface area (Å²) < 4.78 is 0. The van der Waals surface area contributed by atoms with Crippen LogP contribution in [0, 0.1) is 5.92 Å². The maximum Gasteiger partial charge on any atom is 0.0767 e. The Balaban J connectivity index is 3.99. The van der Waals surface area contributed by atoms with Crippen molar-refractivity contribution in [2.75, 3.05) is 6.54 Å². The van der Waals surface area contributed by atoms with Gasteiger partial charge >= 0.3 is 0 Å². The molecular weight excluding hydrogens is 174 g/mol. The standard InChI is InChI=1S/C12H27NO/c1-7-8-10(2)9-13-11(3,4)12(5,6)14/h10,13-14H,7-9H2,1-6H3. The monoisotopic (exact) mass is 201 g/mol. The van der Waals surface area contributed by atoms with Gasteiger partial charge in [-0.1, -0.05) is 20.3 Å². The van der Waals surface area contributed by atoms with Gasteiger partial charge < -0.3 is 10.4 Å². The van der Waals surface area contributed by atoms with E-state index in [4.69, 9.17) is 0 Å². The summed E-state index contributed by atoms with van der Waals surface area (Å²) in [4.78, 5) is 0. The van der Waals surface area contributed by atoms with Gasteiger partial charge in [0.1, 0.15) is 0 Å². The van der Waals surface area contributed by atoms with Crippen molar-refractivity contribution < 1.29 is 5.11 Å². The van der Waals surface area contributed by atoms with Crippen LogP contribution in [-0.2, 0) is 0 Å². The quantitative estimate of drug-likeness (QED) is 0.692. The van der Waals surface area contributed by atoms with Crippen LogP contribution < -0.4 is 5.32 Å². The average molecular weight is 201 g/mol. The van der Waals surface area contributed by atoms with Gasteiger partial charge in [0, 0.05) is 5.54 Å². The summed E-state index contributed by atoms with van der Waals surface area (Å²) in [6, 6.07) is 0. The average Bonchev–Trinajstić information content (AvgIpc) is 1.99. The Labute approximate surface area is 89.1 Å². The number of nitrogens with one attached hydrogen (secondary N) is 1. The molecule has 2 heteroatoms. The second kappa shape index (κ2) is 5.13. The van der Waals surface area contributed by atoms with Gasteiger partial charge in [0.25, 0.3) is 0 Å². The van der Waals surface area contributed by atoms with Crippen molar-refractivity contribution in [3.63, 3.8) is 0 Å². The lowest BCUT2D eigenvalue weighted by atomic mass is 9.85. The van der Waals surface area contributed by atoms with Gasteiger partial charge in [-0.25, -0.2) is 0 Å². The van der Waals surface area contributed by atoms with E-state index < -0.39 is 5.60 Å². The van der Waals surface area contributed by atoms with Gasteiger partial charge in [0.2, 0.25) is 0 Å². The smallest absolute Gasteiger partial charge is 0.0767 e. The van der Waals surface area contributed by atoms with Gasteiger partial charge in [-0.15, -0.1) is 0 Å². The fourth-order valence-corrected chi connectivity index (χ4v) is 1.24. The predicted molar refractivity (Wildman–Crippen MR) is 62.5 cm³/mol. The summed E-state index contributed by atoms with van der Waals surface area (Å²) in [6.45, 7) is 13.2. The molecule has 86 valence electrons. The lowest BCUT2D eigenvalue weighted by Gasteiger charge is -2.39. The normalized spacial score (nSPS) is 15.6. The molecule has 14 heavy (non-hydrogen) atoms. The fraction of sp³-hybridized carbons (Fsp3) is 1.00. The van der Waals surface area contributed by atoms with Gasteiger partial charge in [0.15, 0.2) is 0 Å². The lowest BCUT2D eigenvalue weighted by molar-refractivity contribution is -0.00592. The summed E-state index contributed by atoms with van der Waals surface area (Å²) in [6.07, 6.45) is 2.47. The molecule has 0 radical (unpaired) electrons. The van der Waals surface area contributed by atoms with E-state index >= 15 is 0 Å². The molecule has 0 aliphatic rings. The second-order valence-electron chi connectivity index (χ2n) is 5.46. The molecule has 0 saturated heterocycles. The van der Waals surface area contributed by atoms with Crippen LogP contribution in [0.4, 0.5) is 0 Å². The van der Waals surface area contributed by atoms with Crippen molar-refractivity contribution in [3.8, 4) is 0 Å². The van der Waals surface area contributed by atoms with E-state index in [1.807, 2.05) is 27.7 Å². The zero-order chi connectivity index (χ0) is 11.4. The van der Waals surface area contributed by atoms with E-state index in [0.29, 0.717) is 5.92 Å². The molecule has 0 amide bonds. The van der Waals surface area contributed by atoms with E-state index in [-0.39, 0.29) is 5.54 Å². The molecule has 1 atom stereocenters. The first-order valence-corrected chi connectivity index (χ1v) is 5.68. The summed E-state index contributed by atoms with van der Waals surface area (Å²) in [7, 11) is 0. The van der Waals surface area contributed by atoms with E-state index in [1.54, 1.807) is 0 Å². The summed E-state index contributed by atoms with van der Waals surface area (Å²) in [5, 5.41) is 13.4. The van der Waals surface area contributed by atoms with Crippen LogP contribution in [0.5, 0.6) is 0 Å². The van der Waals surface area contributed by atoms with Gasteiger partial charge in [-0.3, -0.25) is 0 Å². The van der Waals surface area contributed by atoms with E-state index in [9.17, 15) is 5.11 Å². The summed E-state index contributed by atoms with van der Waals surface area (Å²) in [5.74, 6) is 0.682. The third kappa shape index (κ3) is 4.43. The van der Waals surface area contributed by atoms with Crippen LogP contribution in [0.3, 0.4) is 0 Å². The molecule has 0 aliphatic carbocycles. The molecular formula is C12H27NO. The van der Waals surface area contributed by atoms with Crippen LogP contribution in [0.2, 0.25) is 0 Å². The SMILES string of the molecule is CCCC(C)CNC(C)(C)C(C)(C)O. The summed E-state index contributed by atoms with van der Waals surface area (Å²) >= 11 is 0. The first kappa shape index (κ1) is 13.9. The minimum atomic E-state index is -0.682. The predicted octanol–water partition coefficient (Wildman–Crippen LogP) is 2.56. The number of aliphatic hydroxyl groups is 1. The van der Waals surface area contributed by atoms with Gasteiger partial charge in [-0.05, 0) is 46.6 Å². The molecule has 0 aliphatic heterocycles. The molecule has 0 aromatic carbocycles. The Morgan fingerprint density at radius 1 is 1.21 bits per heavy atom. The Bertz CT molecular complexity index is 158. The zero-order valence-corrected chi connectivity index (χ0v) is 10.6. The topological polar surface area (TPSA) is 32.3 Å². The van der Waals surface area contributed by atoms with E-state index in [1.165, 1.54) is 12.8 Å². The minimum absolute atomic E-state index is 0.227. The number of rotatable bonds is 6. The van der Waals surface area contributed by atoms with Crippen LogP contribution >= 0.6 is 0 Å². The first-order chi connectivity index (χ1) is 6.20. The Hall–Kier alpha value is -0.0800. The van der Waals surface area contributed by atoms with Crippen LogP contribution in [0.1, 0.15) is 54.4 Å². The van der Waals surface area contributed by atoms with Crippen molar-refractivity contribution >= 4 is 0 Å². The highest BCUT2D eigenvalue weighted by atomic mass is 16.3. The van der Waals surface area contributed by atoms with Crippen molar-refractivity contribution in [2.24, 2.45) is 5.92 Å². The number of hydrogen-bond donors (Lipinski definition) is 2. The highest BCUT2D eigenvalue weighted by Gasteiger charge is 2.34. The van der Waals surface area contributed by atoms with E-state index in [2.05, 4.69) is 19.2 Å². The van der Waals surface area contributed by atoms with Crippen LogP contribution in [0.15, 0.2) is 0 Å². The largest absolute Gasteiger partial charge is 0.389 e. The molecule has 0 spiro atoms. The third-order valence-electron chi connectivity index (χ3n) is 3.20. The van der Waals surface area contributed by atoms with Gasteiger partial charge in [-0.2, -0.15) is 0 Å². The Kier molecular flexibility index (Phi) is 5.10. The van der Waals surface area contributed by atoms with Crippen molar-refractivity contribution in [1.82, 2.24) is 5.32 Å². The highest BCUT2D eigenvalue weighted by Crippen LogP contribution is 2.20. The van der Waals surface area contributed by atoms with Crippen molar-refractivity contribution in [3.05, 3.63) is 0 Å². The van der Waals surface area contributed by atoms with Crippen molar-refractivity contribution in [1.29, 1.82) is 0 Å². The second-order valence-corrected chi connectivity index (χ2v) is 5.46. The molecule has 0 rings (SSSR count). The third-order valence-corrected chi connectivity index (χ3v) is 3.20. The first-order valence-electron chi connectivity index (χ1n) is 5.68. The number of hydrogen-bond acceptors (Lipinski definition) is 2. The fourth-order valence-electron chi connectivity index (χ4n) is 1.24. The Morgan fingerprint density at radius 2 is 1.71 bits per heavy atom. The molecule has 0 fully saturated rings. The van der Waals surface area contributed by atoms with Gasteiger partial charge in [0.05, 0.1) is 5.60 Å². The molecule has 0 aromatic rings. The molecule has 1 unspecified atom stereocenters. The zero-order valence-electron chi connectivity index (χ0n) is 10.6. The molecule has 0 bridgehead atoms. The Morgan fingerprint density at radius 3 is 2.07 bits per heavy atom. The molecule has 0 heterocycles. The van der Waals surface area contributed by atoms with Crippen LogP contribution in [-0.4, -0.2) is 22.8 Å². The molecule has 2 nitrogen and oxygen atoms in total. The van der Waals surface area contributed by atoms with Crippen molar-refractivity contribution in [2.45, 2.75) is 65.5 Å². The minimum Gasteiger partial charge on any atom is -0.389 e. The molecule has 0 saturated carbocycles. The van der Waals surface area contributed by atoms with Crippen LogP contribution in [0.25, 0.3) is 0 Å². The maximum absolute atomic E-state index is 9.93.